The van der Waals surface area contributed by atoms with Gasteiger partial charge in [0.25, 0.3) is 0 Å². The van der Waals surface area contributed by atoms with Crippen LogP contribution >= 0.6 is 0 Å². The molecule has 0 aliphatic heterocycles. The average Bonchev–Trinajstić information content (AvgIpc) is 2.35. The second-order valence-corrected chi connectivity index (χ2v) is 5.20. The molecule has 0 atom stereocenters. The molecule has 1 fully saturated rings. The van der Waals surface area contributed by atoms with Crippen LogP contribution < -0.4 is 10.6 Å². The van der Waals surface area contributed by atoms with E-state index in [1.165, 1.54) is 25.7 Å². The van der Waals surface area contributed by atoms with Crippen molar-refractivity contribution in [1.82, 2.24) is 4.98 Å². The van der Waals surface area contributed by atoms with Crippen molar-refractivity contribution in [3.63, 3.8) is 0 Å². The van der Waals surface area contributed by atoms with Gasteiger partial charge in [0.15, 0.2) is 0 Å². The van der Waals surface area contributed by atoms with Crippen LogP contribution in [0.15, 0.2) is 18.3 Å². The molecule has 0 bridgehead atoms. The van der Waals surface area contributed by atoms with E-state index >= 15 is 0 Å². The summed E-state index contributed by atoms with van der Waals surface area (Å²) in [4.78, 5) is 16.0. The van der Waals surface area contributed by atoms with Crippen LogP contribution in [0, 0.1) is 5.92 Å². The van der Waals surface area contributed by atoms with Gasteiger partial charge in [-0.3, -0.25) is 4.79 Å². The number of hydrogen-bond donors (Lipinski definition) is 2. The van der Waals surface area contributed by atoms with E-state index in [0.29, 0.717) is 6.42 Å². The Kier molecular flexibility index (Phi) is 5.19. The number of hydrogen-bond acceptors (Lipinski definition) is 3. The molecular weight excluding hydrogens is 238 g/mol. The summed E-state index contributed by atoms with van der Waals surface area (Å²) in [7, 11) is 0. The Morgan fingerprint density at radius 2 is 2.26 bits per heavy atom. The molecule has 0 saturated heterocycles. The zero-order chi connectivity index (χ0) is 13.5. The summed E-state index contributed by atoms with van der Waals surface area (Å²) in [5.41, 5.74) is 0.773. The van der Waals surface area contributed by atoms with Crippen LogP contribution in [0.1, 0.15) is 45.4 Å². The molecule has 1 aromatic rings. The lowest BCUT2D eigenvalue weighted by molar-refractivity contribution is -0.116. The van der Waals surface area contributed by atoms with Gasteiger partial charge in [-0.2, -0.15) is 0 Å². The molecule has 0 aromatic carbocycles. The van der Waals surface area contributed by atoms with Crippen molar-refractivity contribution in [3.8, 4) is 0 Å². The van der Waals surface area contributed by atoms with Gasteiger partial charge >= 0.3 is 0 Å². The first kappa shape index (κ1) is 13.8. The molecule has 2 rings (SSSR count). The number of rotatable bonds is 7. The Balaban J connectivity index is 1.68. The van der Waals surface area contributed by atoms with Crippen LogP contribution in [0.5, 0.6) is 0 Å². The van der Waals surface area contributed by atoms with E-state index in [-0.39, 0.29) is 5.91 Å². The molecule has 4 nitrogen and oxygen atoms in total. The van der Waals surface area contributed by atoms with Crippen LogP contribution in [0.4, 0.5) is 11.5 Å². The first-order valence-corrected chi connectivity index (χ1v) is 7.27. The van der Waals surface area contributed by atoms with Crippen LogP contribution in [0.25, 0.3) is 0 Å². The zero-order valence-electron chi connectivity index (χ0n) is 11.6. The fourth-order valence-electron chi connectivity index (χ4n) is 2.31. The quantitative estimate of drug-likeness (QED) is 0.790. The van der Waals surface area contributed by atoms with Crippen molar-refractivity contribution in [2.45, 2.75) is 45.4 Å². The zero-order valence-corrected chi connectivity index (χ0v) is 11.6. The number of nitrogens with one attached hydrogen (secondary N) is 2. The van der Waals surface area contributed by atoms with Crippen LogP contribution in [0.2, 0.25) is 0 Å². The smallest absolute Gasteiger partial charge is 0.224 e. The highest BCUT2D eigenvalue weighted by Gasteiger charge is 2.17. The Morgan fingerprint density at radius 3 is 2.84 bits per heavy atom. The van der Waals surface area contributed by atoms with Crippen molar-refractivity contribution < 1.29 is 4.79 Å². The van der Waals surface area contributed by atoms with Gasteiger partial charge in [-0.15, -0.1) is 0 Å². The summed E-state index contributed by atoms with van der Waals surface area (Å²) in [6, 6.07) is 3.77. The lowest BCUT2D eigenvalue weighted by Gasteiger charge is -2.24. The first-order chi connectivity index (χ1) is 9.28. The number of nitrogens with zero attached hydrogens (tertiary/aromatic N) is 1. The third-order valence-corrected chi connectivity index (χ3v) is 3.65. The third kappa shape index (κ3) is 4.54. The lowest BCUT2D eigenvalue weighted by atomic mass is 9.82. The molecule has 1 heterocycles. The molecule has 1 amide bonds. The lowest BCUT2D eigenvalue weighted by Crippen LogP contribution is -2.14. The van der Waals surface area contributed by atoms with Crippen molar-refractivity contribution in [2.75, 3.05) is 17.2 Å². The monoisotopic (exact) mass is 261 g/mol. The maximum Gasteiger partial charge on any atom is 0.224 e. The van der Waals surface area contributed by atoms with Crippen molar-refractivity contribution in [3.05, 3.63) is 18.3 Å². The van der Waals surface area contributed by atoms with E-state index in [0.717, 1.165) is 30.4 Å². The van der Waals surface area contributed by atoms with Crippen LogP contribution in [-0.4, -0.2) is 17.4 Å². The second kappa shape index (κ2) is 7.12. The number of amides is 1. The van der Waals surface area contributed by atoms with E-state index in [2.05, 4.69) is 15.6 Å². The summed E-state index contributed by atoms with van der Waals surface area (Å²) in [6.45, 7) is 2.87. The molecule has 0 spiro atoms. The summed E-state index contributed by atoms with van der Waals surface area (Å²) in [6.07, 6.45) is 8.60. The van der Waals surface area contributed by atoms with Gasteiger partial charge in [-0.05, 0) is 37.8 Å². The molecule has 1 aliphatic rings. The minimum Gasteiger partial charge on any atom is -0.370 e. The number of aromatic nitrogens is 1. The van der Waals surface area contributed by atoms with Gasteiger partial charge in [0.2, 0.25) is 5.91 Å². The first-order valence-electron chi connectivity index (χ1n) is 7.27. The predicted molar refractivity (Wildman–Crippen MR) is 78.2 cm³/mol. The van der Waals surface area contributed by atoms with Crippen LogP contribution in [-0.2, 0) is 4.79 Å². The van der Waals surface area contributed by atoms with Gasteiger partial charge < -0.3 is 10.6 Å². The molecule has 1 saturated carbocycles. The van der Waals surface area contributed by atoms with E-state index < -0.39 is 0 Å². The average molecular weight is 261 g/mol. The Labute approximate surface area is 115 Å². The normalized spacial score (nSPS) is 14.8. The predicted octanol–water partition coefficient (Wildman–Crippen LogP) is 3.42. The third-order valence-electron chi connectivity index (χ3n) is 3.65. The topological polar surface area (TPSA) is 54.0 Å². The number of carbonyl (C=O) groups is 1. The van der Waals surface area contributed by atoms with Crippen molar-refractivity contribution in [1.29, 1.82) is 0 Å². The fourth-order valence-corrected chi connectivity index (χ4v) is 2.31. The molecule has 4 heteroatoms. The van der Waals surface area contributed by atoms with E-state index in [9.17, 15) is 4.79 Å². The molecular formula is C15H23N3O. The Hall–Kier alpha value is -1.58. The molecule has 1 aliphatic carbocycles. The highest BCUT2D eigenvalue weighted by Crippen LogP contribution is 2.30. The Bertz CT molecular complexity index is 398. The largest absolute Gasteiger partial charge is 0.370 e. The number of pyridine rings is 1. The van der Waals surface area contributed by atoms with Gasteiger partial charge in [0.05, 0.1) is 11.9 Å². The van der Waals surface area contributed by atoms with Gasteiger partial charge in [0, 0.05) is 13.0 Å². The molecule has 0 unspecified atom stereocenters. The van der Waals surface area contributed by atoms with Gasteiger partial charge in [-0.25, -0.2) is 4.98 Å². The summed E-state index contributed by atoms with van der Waals surface area (Å²) >= 11 is 0. The van der Waals surface area contributed by atoms with Gasteiger partial charge in [-0.1, -0.05) is 19.3 Å². The van der Waals surface area contributed by atoms with E-state index in [4.69, 9.17) is 0 Å². The molecule has 2 N–H and O–H groups in total. The maximum atomic E-state index is 11.8. The summed E-state index contributed by atoms with van der Waals surface area (Å²) < 4.78 is 0. The van der Waals surface area contributed by atoms with E-state index in [1.807, 2.05) is 19.1 Å². The summed E-state index contributed by atoms with van der Waals surface area (Å²) in [5.74, 6) is 1.82. The van der Waals surface area contributed by atoms with Crippen molar-refractivity contribution in [2.24, 2.45) is 5.92 Å². The van der Waals surface area contributed by atoms with Crippen molar-refractivity contribution >= 4 is 17.4 Å². The molecule has 19 heavy (non-hydrogen) atoms. The SMILES string of the molecule is CCNc1ccc(NC(=O)CCCC2CCC2)cn1. The minimum absolute atomic E-state index is 0.0947. The fraction of sp³-hybridized carbons (Fsp3) is 0.600. The highest BCUT2D eigenvalue weighted by molar-refractivity contribution is 5.90. The van der Waals surface area contributed by atoms with Gasteiger partial charge in [0.1, 0.15) is 5.82 Å². The van der Waals surface area contributed by atoms with Crippen LogP contribution in [0.3, 0.4) is 0 Å². The second-order valence-electron chi connectivity index (χ2n) is 5.20. The maximum absolute atomic E-state index is 11.8. The van der Waals surface area contributed by atoms with E-state index in [1.54, 1.807) is 6.20 Å². The molecule has 1 aromatic heterocycles. The molecule has 0 radical (unpaired) electrons. The molecule has 104 valence electrons. The minimum atomic E-state index is 0.0947. The number of anilines is 2. The standard InChI is InChI=1S/C15H23N3O/c1-2-16-14-10-9-13(11-17-14)18-15(19)8-4-7-12-5-3-6-12/h9-12H,2-8H2,1H3,(H,16,17)(H,18,19). The highest BCUT2D eigenvalue weighted by atomic mass is 16.1. The number of carbonyl (C=O) groups excluding carboxylic acids is 1. The Morgan fingerprint density at radius 1 is 1.42 bits per heavy atom. The summed E-state index contributed by atoms with van der Waals surface area (Å²) in [5, 5.41) is 6.02.